The predicted molar refractivity (Wildman–Crippen MR) is 82.7 cm³/mol. The van der Waals surface area contributed by atoms with Crippen LogP contribution >= 0.6 is 22.7 Å². The average Bonchev–Trinajstić information content (AvgIpc) is 3.04. The zero-order chi connectivity index (χ0) is 13.7. The zero-order valence-electron chi connectivity index (χ0n) is 10.1. The van der Waals surface area contributed by atoms with Gasteiger partial charge in [0.05, 0.1) is 5.52 Å². The largest absolute Gasteiger partial charge is 0.506 e. The fourth-order valence-corrected chi connectivity index (χ4v) is 3.94. The summed E-state index contributed by atoms with van der Waals surface area (Å²) < 4.78 is 1.57. The number of benzene rings is 1. The van der Waals surface area contributed by atoms with Crippen molar-refractivity contribution in [1.29, 1.82) is 0 Å². The first kappa shape index (κ1) is 11.6. The van der Waals surface area contributed by atoms with Gasteiger partial charge in [0.15, 0.2) is 5.82 Å². The SMILES string of the molecule is O=c1[nH]c(-c2sc3ccccc3c2O)nc2ccsc12. The second-order valence-corrected chi connectivity index (χ2v) is 6.29. The van der Waals surface area contributed by atoms with E-state index in [0.29, 0.717) is 20.9 Å². The Morgan fingerprint density at radius 2 is 2.05 bits per heavy atom. The molecule has 98 valence electrons. The maximum absolute atomic E-state index is 12.0. The highest BCUT2D eigenvalue weighted by Crippen LogP contribution is 2.42. The number of thiophene rings is 2. The van der Waals surface area contributed by atoms with E-state index in [4.69, 9.17) is 0 Å². The zero-order valence-corrected chi connectivity index (χ0v) is 11.7. The van der Waals surface area contributed by atoms with Gasteiger partial charge in [0, 0.05) is 10.1 Å². The van der Waals surface area contributed by atoms with Crippen LogP contribution in [0.1, 0.15) is 0 Å². The number of nitrogens with one attached hydrogen (secondary N) is 1. The molecule has 1 aromatic carbocycles. The lowest BCUT2D eigenvalue weighted by Crippen LogP contribution is -2.06. The summed E-state index contributed by atoms with van der Waals surface area (Å²) in [6, 6.07) is 9.39. The van der Waals surface area contributed by atoms with Crippen LogP contribution in [0.25, 0.3) is 31.0 Å². The quantitative estimate of drug-likeness (QED) is 0.565. The molecule has 4 aromatic rings. The molecule has 0 saturated heterocycles. The standard InChI is InChI=1S/C14H8N2O2S2/c17-10-7-3-1-2-4-9(7)20-12(10)13-15-8-5-6-19-11(8)14(18)16-13/h1-6,17H,(H,15,16,18). The van der Waals surface area contributed by atoms with Crippen molar-refractivity contribution in [3.05, 3.63) is 46.1 Å². The molecule has 0 saturated carbocycles. The Balaban J connectivity index is 2.05. The Hall–Kier alpha value is -2.18. The lowest BCUT2D eigenvalue weighted by Gasteiger charge is -1.98. The van der Waals surface area contributed by atoms with E-state index in [-0.39, 0.29) is 11.3 Å². The monoisotopic (exact) mass is 300 g/mol. The Kier molecular flexibility index (Phi) is 2.42. The Bertz CT molecular complexity index is 997. The third kappa shape index (κ3) is 1.59. The van der Waals surface area contributed by atoms with Crippen LogP contribution < -0.4 is 5.56 Å². The number of aromatic nitrogens is 2. The molecule has 20 heavy (non-hydrogen) atoms. The number of hydrogen-bond donors (Lipinski definition) is 2. The molecule has 0 radical (unpaired) electrons. The highest BCUT2D eigenvalue weighted by atomic mass is 32.1. The summed E-state index contributed by atoms with van der Waals surface area (Å²) in [6.45, 7) is 0. The molecule has 0 bridgehead atoms. The molecule has 0 spiro atoms. The van der Waals surface area contributed by atoms with Crippen molar-refractivity contribution in [3.63, 3.8) is 0 Å². The van der Waals surface area contributed by atoms with E-state index in [9.17, 15) is 9.90 Å². The molecule has 0 aliphatic rings. The van der Waals surface area contributed by atoms with Crippen molar-refractivity contribution in [2.45, 2.75) is 0 Å². The van der Waals surface area contributed by atoms with Crippen LogP contribution in [-0.4, -0.2) is 15.1 Å². The van der Waals surface area contributed by atoms with Gasteiger partial charge >= 0.3 is 0 Å². The van der Waals surface area contributed by atoms with Crippen LogP contribution in [0.15, 0.2) is 40.5 Å². The van der Waals surface area contributed by atoms with Crippen LogP contribution in [0, 0.1) is 0 Å². The number of fused-ring (bicyclic) bond motifs is 2. The molecule has 0 aliphatic heterocycles. The van der Waals surface area contributed by atoms with E-state index < -0.39 is 0 Å². The van der Waals surface area contributed by atoms with Gasteiger partial charge in [0.1, 0.15) is 15.3 Å². The van der Waals surface area contributed by atoms with Gasteiger partial charge in [-0.3, -0.25) is 4.79 Å². The molecule has 0 aliphatic carbocycles. The fraction of sp³-hybridized carbons (Fsp3) is 0. The van der Waals surface area contributed by atoms with Crippen LogP contribution in [0.5, 0.6) is 5.75 Å². The Labute approximate surface area is 121 Å². The molecule has 4 nitrogen and oxygen atoms in total. The maximum Gasteiger partial charge on any atom is 0.269 e. The number of rotatable bonds is 1. The van der Waals surface area contributed by atoms with E-state index in [1.807, 2.05) is 35.7 Å². The molecule has 0 unspecified atom stereocenters. The number of aromatic amines is 1. The van der Waals surface area contributed by atoms with Gasteiger partial charge in [-0.2, -0.15) is 0 Å². The lowest BCUT2D eigenvalue weighted by atomic mass is 10.2. The first-order chi connectivity index (χ1) is 9.74. The highest BCUT2D eigenvalue weighted by molar-refractivity contribution is 7.22. The van der Waals surface area contributed by atoms with Crippen molar-refractivity contribution in [1.82, 2.24) is 9.97 Å². The lowest BCUT2D eigenvalue weighted by molar-refractivity contribution is 0.485. The summed E-state index contributed by atoms with van der Waals surface area (Å²) >= 11 is 2.78. The second kappa shape index (κ2) is 4.16. The summed E-state index contributed by atoms with van der Waals surface area (Å²) in [4.78, 5) is 19.8. The summed E-state index contributed by atoms with van der Waals surface area (Å²) in [5, 5.41) is 12.9. The molecule has 3 heterocycles. The summed E-state index contributed by atoms with van der Waals surface area (Å²) in [5.41, 5.74) is 0.488. The van der Waals surface area contributed by atoms with E-state index >= 15 is 0 Å². The third-order valence-electron chi connectivity index (χ3n) is 3.10. The van der Waals surface area contributed by atoms with Gasteiger partial charge in [-0.1, -0.05) is 12.1 Å². The highest BCUT2D eigenvalue weighted by Gasteiger charge is 2.16. The van der Waals surface area contributed by atoms with Gasteiger partial charge in [-0.15, -0.1) is 22.7 Å². The maximum atomic E-state index is 12.0. The molecule has 3 aromatic heterocycles. The van der Waals surface area contributed by atoms with Crippen LogP contribution in [-0.2, 0) is 0 Å². The first-order valence-corrected chi connectivity index (χ1v) is 7.62. The number of nitrogens with zero attached hydrogens (tertiary/aromatic N) is 1. The average molecular weight is 300 g/mol. The molecule has 0 atom stereocenters. The van der Waals surface area contributed by atoms with E-state index in [1.165, 1.54) is 22.7 Å². The van der Waals surface area contributed by atoms with E-state index in [2.05, 4.69) is 9.97 Å². The van der Waals surface area contributed by atoms with Crippen molar-refractivity contribution < 1.29 is 5.11 Å². The van der Waals surface area contributed by atoms with Gasteiger partial charge < -0.3 is 10.1 Å². The molecule has 2 N–H and O–H groups in total. The van der Waals surface area contributed by atoms with E-state index in [0.717, 1.165) is 10.1 Å². The van der Waals surface area contributed by atoms with Gasteiger partial charge in [-0.05, 0) is 23.6 Å². The smallest absolute Gasteiger partial charge is 0.269 e. The second-order valence-electron chi connectivity index (χ2n) is 4.33. The Morgan fingerprint density at radius 1 is 1.20 bits per heavy atom. The van der Waals surface area contributed by atoms with Gasteiger partial charge in [0.2, 0.25) is 0 Å². The third-order valence-corrected chi connectivity index (χ3v) is 5.17. The van der Waals surface area contributed by atoms with Crippen LogP contribution in [0.2, 0.25) is 0 Å². The van der Waals surface area contributed by atoms with Crippen LogP contribution in [0.4, 0.5) is 0 Å². The molecule has 4 rings (SSSR count). The minimum Gasteiger partial charge on any atom is -0.506 e. The van der Waals surface area contributed by atoms with Crippen LogP contribution in [0.3, 0.4) is 0 Å². The number of H-pyrrole nitrogens is 1. The minimum atomic E-state index is -0.170. The molecule has 0 fully saturated rings. The molecule has 0 amide bonds. The van der Waals surface area contributed by atoms with Gasteiger partial charge in [0.25, 0.3) is 5.56 Å². The number of hydrogen-bond acceptors (Lipinski definition) is 5. The Morgan fingerprint density at radius 3 is 2.90 bits per heavy atom. The summed E-state index contributed by atoms with van der Waals surface area (Å²) in [5.74, 6) is 0.586. The molecular weight excluding hydrogens is 292 g/mol. The van der Waals surface area contributed by atoms with Crippen molar-refractivity contribution in [2.75, 3.05) is 0 Å². The van der Waals surface area contributed by atoms with E-state index in [1.54, 1.807) is 0 Å². The normalized spacial score (nSPS) is 11.4. The summed E-state index contributed by atoms with van der Waals surface area (Å²) in [7, 11) is 0. The molecular formula is C14H8N2O2S2. The number of aromatic hydroxyl groups is 1. The van der Waals surface area contributed by atoms with Crippen molar-refractivity contribution >= 4 is 43.0 Å². The predicted octanol–water partition coefficient (Wildman–Crippen LogP) is 3.57. The summed E-state index contributed by atoms with van der Waals surface area (Å²) in [6.07, 6.45) is 0. The first-order valence-electron chi connectivity index (χ1n) is 5.92. The van der Waals surface area contributed by atoms with Crippen molar-refractivity contribution in [2.24, 2.45) is 0 Å². The topological polar surface area (TPSA) is 66.0 Å². The fourth-order valence-electron chi connectivity index (χ4n) is 2.17. The molecule has 6 heteroatoms. The van der Waals surface area contributed by atoms with Crippen molar-refractivity contribution in [3.8, 4) is 16.5 Å². The minimum absolute atomic E-state index is 0.170. The van der Waals surface area contributed by atoms with Gasteiger partial charge in [-0.25, -0.2) is 4.98 Å².